The van der Waals surface area contributed by atoms with Crippen LogP contribution in [-0.4, -0.2) is 43.0 Å². The molecular weight excluding hydrogens is 396 g/mol. The van der Waals surface area contributed by atoms with Gasteiger partial charge in [0.1, 0.15) is 17.6 Å². The Hall–Kier alpha value is -1.78. The molecule has 172 valence electrons. The van der Waals surface area contributed by atoms with E-state index in [9.17, 15) is 19.6 Å². The van der Waals surface area contributed by atoms with Crippen LogP contribution >= 0.6 is 0 Å². The second-order valence-electron chi connectivity index (χ2n) is 9.89. The van der Waals surface area contributed by atoms with E-state index in [2.05, 4.69) is 11.4 Å². The van der Waals surface area contributed by atoms with E-state index in [1.54, 1.807) is 0 Å². The molecule has 1 saturated carbocycles. The van der Waals surface area contributed by atoms with Crippen molar-refractivity contribution in [3.05, 3.63) is 0 Å². The molecule has 3 fully saturated rings. The first kappa shape index (κ1) is 23.9. The fourth-order valence-electron chi connectivity index (χ4n) is 5.32. The number of fused-ring (bicyclic) bond motifs is 1. The summed E-state index contributed by atoms with van der Waals surface area (Å²) in [5.74, 6) is 0.0913. The predicted molar refractivity (Wildman–Crippen MR) is 114 cm³/mol. The molecule has 2 heterocycles. The van der Waals surface area contributed by atoms with Gasteiger partial charge in [0.25, 0.3) is 0 Å². The minimum atomic E-state index is -0.687. The lowest BCUT2D eigenvalue weighted by atomic mass is 9.83. The fourth-order valence-corrected chi connectivity index (χ4v) is 5.32. The molecule has 3 aliphatic rings. The van der Waals surface area contributed by atoms with Gasteiger partial charge in [-0.15, -0.1) is 0 Å². The lowest BCUT2D eigenvalue weighted by molar-refractivity contribution is -0.151. The van der Waals surface area contributed by atoms with E-state index in [1.807, 2.05) is 13.8 Å². The van der Waals surface area contributed by atoms with Gasteiger partial charge >= 0.3 is 0 Å². The topological polar surface area (TPSA) is 105 Å². The van der Waals surface area contributed by atoms with Gasteiger partial charge in [-0.3, -0.25) is 14.4 Å². The van der Waals surface area contributed by atoms with E-state index in [0.29, 0.717) is 38.9 Å². The summed E-state index contributed by atoms with van der Waals surface area (Å²) >= 11 is 0. The number of Topliss-reactive ketones (excluding diaryl/α,β-unsaturated/α-hetero) is 2. The summed E-state index contributed by atoms with van der Waals surface area (Å²) in [6.45, 7) is 5.30. The zero-order valence-corrected chi connectivity index (χ0v) is 18.8. The Morgan fingerprint density at radius 3 is 2.71 bits per heavy atom. The van der Waals surface area contributed by atoms with Crippen LogP contribution < -0.4 is 5.32 Å². The summed E-state index contributed by atoms with van der Waals surface area (Å²) in [6.07, 6.45) is 5.59. The zero-order valence-electron chi connectivity index (χ0n) is 18.8. The van der Waals surface area contributed by atoms with E-state index >= 15 is 0 Å². The summed E-state index contributed by atoms with van der Waals surface area (Å²) in [5, 5.41) is 12.3. The summed E-state index contributed by atoms with van der Waals surface area (Å²) in [7, 11) is 0. The Morgan fingerprint density at radius 2 is 2.03 bits per heavy atom. The van der Waals surface area contributed by atoms with Crippen LogP contribution in [0, 0.1) is 40.9 Å². The SMILES string of the molecule is CC(C)C[C@H](CC(=O)CC1COC2OCCCC12)C(=O)N[C@H](C#N)C[C@@H]1CCCC1=O. The molecule has 0 aromatic heterocycles. The molecule has 7 heteroatoms. The van der Waals surface area contributed by atoms with Gasteiger partial charge in [-0.25, -0.2) is 0 Å². The van der Waals surface area contributed by atoms with Crippen LogP contribution in [0.15, 0.2) is 0 Å². The molecule has 6 atom stereocenters. The summed E-state index contributed by atoms with van der Waals surface area (Å²) in [6, 6.07) is 1.44. The predicted octanol–water partition coefficient (Wildman–Crippen LogP) is 3.16. The molecule has 0 bridgehead atoms. The summed E-state index contributed by atoms with van der Waals surface area (Å²) in [5.41, 5.74) is 0. The zero-order chi connectivity index (χ0) is 22.4. The maximum Gasteiger partial charge on any atom is 0.224 e. The molecule has 7 nitrogen and oxygen atoms in total. The number of ether oxygens (including phenoxy) is 2. The number of nitrogens with zero attached hydrogens (tertiary/aromatic N) is 1. The molecule has 1 amide bonds. The average Bonchev–Trinajstić information content (AvgIpc) is 3.32. The van der Waals surface area contributed by atoms with Crippen LogP contribution in [0.5, 0.6) is 0 Å². The van der Waals surface area contributed by atoms with Crippen molar-refractivity contribution in [2.75, 3.05) is 13.2 Å². The normalized spacial score (nSPS) is 29.9. The van der Waals surface area contributed by atoms with Crippen molar-refractivity contribution >= 4 is 17.5 Å². The van der Waals surface area contributed by atoms with Crippen molar-refractivity contribution in [2.24, 2.45) is 29.6 Å². The molecule has 0 aromatic rings. The van der Waals surface area contributed by atoms with Crippen LogP contribution in [-0.2, 0) is 23.9 Å². The molecule has 3 unspecified atom stereocenters. The first-order chi connectivity index (χ1) is 14.9. The van der Waals surface area contributed by atoms with Gasteiger partial charge < -0.3 is 14.8 Å². The molecule has 0 aromatic carbocycles. The van der Waals surface area contributed by atoms with E-state index < -0.39 is 12.0 Å². The number of rotatable bonds is 10. The lowest BCUT2D eigenvalue weighted by Crippen LogP contribution is -2.40. The van der Waals surface area contributed by atoms with E-state index in [-0.39, 0.29) is 53.9 Å². The van der Waals surface area contributed by atoms with Gasteiger partial charge in [-0.1, -0.05) is 13.8 Å². The monoisotopic (exact) mass is 432 g/mol. The highest BCUT2D eigenvalue weighted by Gasteiger charge is 2.40. The van der Waals surface area contributed by atoms with E-state index in [1.165, 1.54) is 0 Å². The van der Waals surface area contributed by atoms with Crippen LogP contribution in [0.1, 0.15) is 71.6 Å². The maximum atomic E-state index is 13.0. The maximum absolute atomic E-state index is 13.0. The number of amides is 1. The highest BCUT2D eigenvalue weighted by molar-refractivity contribution is 5.87. The third kappa shape index (κ3) is 6.60. The largest absolute Gasteiger partial charge is 0.352 e. The van der Waals surface area contributed by atoms with Crippen LogP contribution in [0.4, 0.5) is 0 Å². The van der Waals surface area contributed by atoms with Crippen LogP contribution in [0.2, 0.25) is 0 Å². The second-order valence-corrected chi connectivity index (χ2v) is 9.89. The van der Waals surface area contributed by atoms with Crippen molar-refractivity contribution in [3.63, 3.8) is 0 Å². The molecule has 2 aliphatic heterocycles. The van der Waals surface area contributed by atoms with Gasteiger partial charge in [-0.2, -0.15) is 5.26 Å². The lowest BCUT2D eigenvalue weighted by Gasteiger charge is -2.27. The molecule has 1 aliphatic carbocycles. The molecule has 3 rings (SSSR count). The fraction of sp³-hybridized carbons (Fsp3) is 0.833. The number of hydrogen-bond acceptors (Lipinski definition) is 6. The van der Waals surface area contributed by atoms with E-state index in [4.69, 9.17) is 9.47 Å². The Labute approximate surface area is 185 Å². The molecule has 1 N–H and O–H groups in total. The Bertz CT molecular complexity index is 701. The van der Waals surface area contributed by atoms with Crippen molar-refractivity contribution in [1.82, 2.24) is 5.32 Å². The average molecular weight is 433 g/mol. The first-order valence-electron chi connectivity index (χ1n) is 11.8. The Balaban J connectivity index is 1.54. The van der Waals surface area contributed by atoms with Gasteiger partial charge in [0.15, 0.2) is 6.29 Å². The standard InChI is InChI=1S/C24H36N2O5/c1-15(2)9-17(23(29)26-19(13-25)10-16-5-3-7-22(16)28)11-20(27)12-18-14-31-24-21(18)6-4-8-30-24/h15-19,21,24H,3-12,14H2,1-2H3,(H,26,29)/t16-,17+,18?,19-,21?,24?/m0/s1. The summed E-state index contributed by atoms with van der Waals surface area (Å²) < 4.78 is 11.4. The number of ketones is 2. The van der Waals surface area contributed by atoms with Crippen molar-refractivity contribution in [1.29, 1.82) is 5.26 Å². The van der Waals surface area contributed by atoms with Crippen molar-refractivity contribution in [3.8, 4) is 6.07 Å². The highest BCUT2D eigenvalue weighted by Crippen LogP contribution is 2.37. The van der Waals surface area contributed by atoms with Crippen LogP contribution in [0.25, 0.3) is 0 Å². The molecule has 2 saturated heterocycles. The number of hydrogen-bond donors (Lipinski definition) is 1. The van der Waals surface area contributed by atoms with Gasteiger partial charge in [0.2, 0.25) is 5.91 Å². The van der Waals surface area contributed by atoms with Crippen molar-refractivity contribution in [2.45, 2.75) is 84.0 Å². The second kappa shape index (κ2) is 11.2. The number of carbonyl (C=O) groups is 3. The minimum absolute atomic E-state index is 0.0695. The van der Waals surface area contributed by atoms with Gasteiger partial charge in [-0.05, 0) is 50.4 Å². The third-order valence-corrected chi connectivity index (χ3v) is 6.91. The summed E-state index contributed by atoms with van der Waals surface area (Å²) in [4.78, 5) is 37.7. The van der Waals surface area contributed by atoms with Crippen LogP contribution in [0.3, 0.4) is 0 Å². The van der Waals surface area contributed by atoms with Gasteiger partial charge in [0, 0.05) is 43.6 Å². The molecule has 31 heavy (non-hydrogen) atoms. The Kier molecular flexibility index (Phi) is 8.62. The molecular formula is C24H36N2O5. The minimum Gasteiger partial charge on any atom is -0.352 e. The number of nitriles is 1. The first-order valence-corrected chi connectivity index (χ1v) is 11.8. The Morgan fingerprint density at radius 1 is 1.23 bits per heavy atom. The highest BCUT2D eigenvalue weighted by atomic mass is 16.7. The van der Waals surface area contributed by atoms with E-state index in [0.717, 1.165) is 25.7 Å². The molecule has 0 spiro atoms. The van der Waals surface area contributed by atoms with Crippen molar-refractivity contribution < 1.29 is 23.9 Å². The number of nitrogens with one attached hydrogen (secondary N) is 1. The number of carbonyl (C=O) groups excluding carboxylic acids is 3. The quantitative estimate of drug-likeness (QED) is 0.568. The molecule has 0 radical (unpaired) electrons. The smallest absolute Gasteiger partial charge is 0.224 e. The van der Waals surface area contributed by atoms with Gasteiger partial charge in [0.05, 0.1) is 12.7 Å². The third-order valence-electron chi connectivity index (χ3n) is 6.91.